The van der Waals surface area contributed by atoms with Crippen molar-refractivity contribution in [2.75, 3.05) is 13.2 Å². The third kappa shape index (κ3) is 5.18. The first-order valence-electron chi connectivity index (χ1n) is 7.78. The van der Waals surface area contributed by atoms with Crippen LogP contribution in [0.1, 0.15) is 18.1 Å². The van der Waals surface area contributed by atoms with Crippen molar-refractivity contribution in [1.82, 2.24) is 4.90 Å². The standard InChI is InChI=1S/C19H22FNO2/c1-15(12-17-8-5-9-18(20)13-17)19(23)21(10-11-22)14-16-6-3-2-4-7-16/h2-9,13,15,22H,10-12,14H2,1H3. The van der Waals surface area contributed by atoms with Gasteiger partial charge in [0.25, 0.3) is 0 Å². The van der Waals surface area contributed by atoms with E-state index >= 15 is 0 Å². The quantitative estimate of drug-likeness (QED) is 0.853. The Hall–Kier alpha value is -2.20. The molecule has 0 saturated carbocycles. The largest absolute Gasteiger partial charge is 0.395 e. The van der Waals surface area contributed by atoms with Crippen molar-refractivity contribution in [3.05, 3.63) is 71.5 Å². The molecule has 1 N–H and O–H groups in total. The van der Waals surface area contributed by atoms with Gasteiger partial charge in [-0.3, -0.25) is 4.79 Å². The molecule has 0 aliphatic heterocycles. The molecular weight excluding hydrogens is 293 g/mol. The number of hydrogen-bond donors (Lipinski definition) is 1. The Bertz CT molecular complexity index is 630. The third-order valence-electron chi connectivity index (χ3n) is 3.75. The van der Waals surface area contributed by atoms with E-state index in [9.17, 15) is 14.3 Å². The number of aliphatic hydroxyl groups excluding tert-OH is 1. The fourth-order valence-electron chi connectivity index (χ4n) is 2.61. The number of benzene rings is 2. The average Bonchev–Trinajstić information content (AvgIpc) is 2.55. The zero-order valence-corrected chi connectivity index (χ0v) is 13.3. The molecule has 1 amide bonds. The summed E-state index contributed by atoms with van der Waals surface area (Å²) in [6.07, 6.45) is 0.479. The van der Waals surface area contributed by atoms with Gasteiger partial charge in [-0.15, -0.1) is 0 Å². The normalized spacial score (nSPS) is 12.0. The predicted octanol–water partition coefficient (Wildman–Crippen LogP) is 3.03. The lowest BCUT2D eigenvalue weighted by Gasteiger charge is -2.25. The molecule has 0 bridgehead atoms. The summed E-state index contributed by atoms with van der Waals surface area (Å²) >= 11 is 0. The second kappa shape index (κ2) is 8.44. The Labute approximate surface area is 136 Å². The summed E-state index contributed by atoms with van der Waals surface area (Å²) in [7, 11) is 0. The number of rotatable bonds is 7. The van der Waals surface area contributed by atoms with E-state index in [-0.39, 0.29) is 24.2 Å². The summed E-state index contributed by atoms with van der Waals surface area (Å²) in [6, 6.07) is 16.0. The molecule has 0 spiro atoms. The van der Waals surface area contributed by atoms with Gasteiger partial charge in [-0.2, -0.15) is 0 Å². The van der Waals surface area contributed by atoms with Gasteiger partial charge in [-0.25, -0.2) is 4.39 Å². The number of aliphatic hydroxyl groups is 1. The van der Waals surface area contributed by atoms with Gasteiger partial charge in [0.15, 0.2) is 0 Å². The summed E-state index contributed by atoms with van der Waals surface area (Å²) in [4.78, 5) is 14.3. The van der Waals surface area contributed by atoms with Gasteiger partial charge in [-0.05, 0) is 29.7 Å². The van der Waals surface area contributed by atoms with Crippen LogP contribution in [0.15, 0.2) is 54.6 Å². The Kier molecular flexibility index (Phi) is 6.29. The van der Waals surface area contributed by atoms with Crippen LogP contribution in [0.2, 0.25) is 0 Å². The molecule has 2 rings (SSSR count). The molecule has 122 valence electrons. The molecule has 1 atom stereocenters. The number of amides is 1. The van der Waals surface area contributed by atoms with Crippen molar-refractivity contribution in [2.45, 2.75) is 19.9 Å². The van der Waals surface area contributed by atoms with E-state index in [0.29, 0.717) is 19.5 Å². The summed E-state index contributed by atoms with van der Waals surface area (Å²) in [5.74, 6) is -0.599. The third-order valence-corrected chi connectivity index (χ3v) is 3.75. The molecule has 1 unspecified atom stereocenters. The summed E-state index contributed by atoms with van der Waals surface area (Å²) in [5.41, 5.74) is 1.82. The van der Waals surface area contributed by atoms with Crippen molar-refractivity contribution in [1.29, 1.82) is 0 Å². The first-order chi connectivity index (χ1) is 11.1. The fraction of sp³-hybridized carbons (Fsp3) is 0.316. The molecule has 2 aromatic carbocycles. The lowest BCUT2D eigenvalue weighted by Crippen LogP contribution is -2.37. The van der Waals surface area contributed by atoms with Crippen molar-refractivity contribution in [2.24, 2.45) is 5.92 Å². The minimum absolute atomic E-state index is 0.0350. The lowest BCUT2D eigenvalue weighted by molar-refractivity contribution is -0.136. The maximum Gasteiger partial charge on any atom is 0.226 e. The van der Waals surface area contributed by atoms with Crippen LogP contribution in [-0.2, 0) is 17.8 Å². The van der Waals surface area contributed by atoms with Crippen molar-refractivity contribution in [3.63, 3.8) is 0 Å². The molecule has 0 fully saturated rings. The fourth-order valence-corrected chi connectivity index (χ4v) is 2.61. The maximum atomic E-state index is 13.3. The molecule has 0 saturated heterocycles. The van der Waals surface area contributed by atoms with Gasteiger partial charge in [0.1, 0.15) is 5.82 Å². The van der Waals surface area contributed by atoms with Crippen LogP contribution in [0, 0.1) is 11.7 Å². The minimum Gasteiger partial charge on any atom is -0.395 e. The van der Waals surface area contributed by atoms with Crippen LogP contribution >= 0.6 is 0 Å². The van der Waals surface area contributed by atoms with Crippen molar-refractivity contribution in [3.8, 4) is 0 Å². The highest BCUT2D eigenvalue weighted by Gasteiger charge is 2.20. The van der Waals surface area contributed by atoms with Crippen LogP contribution in [0.4, 0.5) is 4.39 Å². The Morgan fingerprint density at radius 2 is 1.83 bits per heavy atom. The molecule has 0 heterocycles. The van der Waals surface area contributed by atoms with E-state index in [1.807, 2.05) is 43.3 Å². The highest BCUT2D eigenvalue weighted by atomic mass is 19.1. The van der Waals surface area contributed by atoms with Crippen LogP contribution in [0.25, 0.3) is 0 Å². The SMILES string of the molecule is CC(Cc1cccc(F)c1)C(=O)N(CCO)Cc1ccccc1. The molecule has 0 radical (unpaired) electrons. The molecular formula is C19H22FNO2. The molecule has 0 aliphatic rings. The summed E-state index contributed by atoms with van der Waals surface area (Å²) < 4.78 is 13.3. The van der Waals surface area contributed by atoms with E-state index in [0.717, 1.165) is 11.1 Å². The van der Waals surface area contributed by atoms with Crippen LogP contribution in [0.3, 0.4) is 0 Å². The second-order valence-corrected chi connectivity index (χ2v) is 5.70. The Morgan fingerprint density at radius 1 is 1.13 bits per heavy atom. The van der Waals surface area contributed by atoms with Crippen LogP contribution in [-0.4, -0.2) is 29.1 Å². The van der Waals surface area contributed by atoms with Gasteiger partial charge < -0.3 is 10.0 Å². The Balaban J connectivity index is 2.04. The zero-order valence-electron chi connectivity index (χ0n) is 13.3. The number of carbonyl (C=O) groups excluding carboxylic acids is 1. The van der Waals surface area contributed by atoms with Crippen LogP contribution < -0.4 is 0 Å². The first-order valence-corrected chi connectivity index (χ1v) is 7.78. The van der Waals surface area contributed by atoms with Gasteiger partial charge in [0.2, 0.25) is 5.91 Å². The van der Waals surface area contributed by atoms with E-state index < -0.39 is 0 Å². The summed E-state index contributed by atoms with van der Waals surface area (Å²) in [5, 5.41) is 9.23. The highest BCUT2D eigenvalue weighted by molar-refractivity contribution is 5.78. The molecule has 4 heteroatoms. The lowest BCUT2D eigenvalue weighted by atomic mass is 9.99. The maximum absolute atomic E-state index is 13.3. The predicted molar refractivity (Wildman–Crippen MR) is 88.2 cm³/mol. The molecule has 23 heavy (non-hydrogen) atoms. The monoisotopic (exact) mass is 315 g/mol. The van der Waals surface area contributed by atoms with Gasteiger partial charge in [0.05, 0.1) is 6.61 Å². The van der Waals surface area contributed by atoms with Gasteiger partial charge in [-0.1, -0.05) is 49.4 Å². The molecule has 0 aliphatic carbocycles. The van der Waals surface area contributed by atoms with Gasteiger partial charge >= 0.3 is 0 Å². The van der Waals surface area contributed by atoms with Crippen LogP contribution in [0.5, 0.6) is 0 Å². The Morgan fingerprint density at radius 3 is 2.48 bits per heavy atom. The topological polar surface area (TPSA) is 40.5 Å². The summed E-state index contributed by atoms with van der Waals surface area (Å²) in [6.45, 7) is 2.52. The van der Waals surface area contributed by atoms with E-state index in [4.69, 9.17) is 0 Å². The molecule has 3 nitrogen and oxygen atoms in total. The highest BCUT2D eigenvalue weighted by Crippen LogP contribution is 2.15. The first kappa shape index (κ1) is 17.2. The number of nitrogens with zero attached hydrogens (tertiary/aromatic N) is 1. The zero-order chi connectivity index (χ0) is 16.7. The smallest absolute Gasteiger partial charge is 0.226 e. The number of carbonyl (C=O) groups is 1. The van der Waals surface area contributed by atoms with E-state index in [1.54, 1.807) is 11.0 Å². The number of hydrogen-bond acceptors (Lipinski definition) is 2. The second-order valence-electron chi connectivity index (χ2n) is 5.70. The molecule has 0 aromatic heterocycles. The minimum atomic E-state index is -0.293. The van der Waals surface area contributed by atoms with Crippen molar-refractivity contribution >= 4 is 5.91 Å². The average molecular weight is 315 g/mol. The van der Waals surface area contributed by atoms with Crippen molar-refractivity contribution < 1.29 is 14.3 Å². The van der Waals surface area contributed by atoms with E-state index in [2.05, 4.69) is 0 Å². The number of halogens is 1. The van der Waals surface area contributed by atoms with Gasteiger partial charge in [0, 0.05) is 19.0 Å². The molecule has 2 aromatic rings. The van der Waals surface area contributed by atoms with E-state index in [1.165, 1.54) is 12.1 Å².